The number of pyridine rings is 2. The average Bonchev–Trinajstić information content (AvgIpc) is 3.38. The van der Waals surface area contributed by atoms with Gasteiger partial charge in [-0.15, -0.1) is 10.2 Å². The molecule has 5 aromatic rings. The molecule has 31 heavy (non-hydrogen) atoms. The second-order valence-corrected chi connectivity index (χ2v) is 8.03. The third kappa shape index (κ3) is 3.82. The molecule has 8 nitrogen and oxygen atoms in total. The molecule has 0 unspecified atom stereocenters. The Kier molecular flexibility index (Phi) is 5.00. The van der Waals surface area contributed by atoms with Crippen molar-refractivity contribution < 1.29 is 9.50 Å². The number of benzene rings is 1. The molecule has 0 aliphatic rings. The predicted octanol–water partition coefficient (Wildman–Crippen LogP) is 3.37. The third-order valence-electron chi connectivity index (χ3n) is 4.77. The zero-order valence-corrected chi connectivity index (χ0v) is 17.3. The van der Waals surface area contributed by atoms with Gasteiger partial charge in [-0.05, 0) is 42.1 Å². The Labute approximate surface area is 180 Å². The highest BCUT2D eigenvalue weighted by atomic mass is 32.2. The fraction of sp³-hybridized carbons (Fsp3) is 0.143. The summed E-state index contributed by atoms with van der Waals surface area (Å²) in [6.07, 6.45) is 7.07. The standard InChI is InChI=1S/C21H18FN7OS/c1-28-11-15(9-25-28)14-8-18(22)20-26-27-21(29(20)12-14)31-17-2-3-19-13(7-17)6-16(10-24-19)23-4-5-30/h2-3,6-12,23,30H,4-5H2,1H3. The van der Waals surface area contributed by atoms with Crippen LogP contribution in [0.3, 0.4) is 0 Å². The monoisotopic (exact) mass is 435 g/mol. The molecule has 4 aromatic heterocycles. The highest BCUT2D eigenvalue weighted by molar-refractivity contribution is 7.99. The highest BCUT2D eigenvalue weighted by Gasteiger charge is 2.14. The van der Waals surface area contributed by atoms with Crippen molar-refractivity contribution in [2.24, 2.45) is 7.05 Å². The summed E-state index contributed by atoms with van der Waals surface area (Å²) in [5.41, 5.74) is 3.37. The van der Waals surface area contributed by atoms with E-state index in [9.17, 15) is 4.39 Å². The molecule has 0 radical (unpaired) electrons. The van der Waals surface area contributed by atoms with Crippen LogP contribution in [-0.2, 0) is 7.05 Å². The van der Waals surface area contributed by atoms with Crippen LogP contribution in [0.1, 0.15) is 0 Å². The van der Waals surface area contributed by atoms with Crippen LogP contribution in [0.4, 0.5) is 10.1 Å². The first-order valence-corrected chi connectivity index (χ1v) is 10.4. The number of aryl methyl sites for hydroxylation is 1. The van der Waals surface area contributed by atoms with Crippen LogP contribution in [0.25, 0.3) is 27.7 Å². The van der Waals surface area contributed by atoms with E-state index in [1.165, 1.54) is 17.8 Å². The summed E-state index contributed by atoms with van der Waals surface area (Å²) < 4.78 is 18.0. The molecule has 0 saturated heterocycles. The van der Waals surface area contributed by atoms with E-state index < -0.39 is 5.82 Å². The van der Waals surface area contributed by atoms with Gasteiger partial charge in [0, 0.05) is 47.4 Å². The molecule has 0 saturated carbocycles. The minimum absolute atomic E-state index is 0.0471. The van der Waals surface area contributed by atoms with Crippen LogP contribution in [-0.4, -0.2) is 47.6 Å². The first-order valence-electron chi connectivity index (χ1n) is 9.56. The number of aliphatic hydroxyl groups excluding tert-OH is 1. The van der Waals surface area contributed by atoms with Crippen LogP contribution in [0.5, 0.6) is 0 Å². The smallest absolute Gasteiger partial charge is 0.200 e. The topological polar surface area (TPSA) is 93.2 Å². The molecule has 2 N–H and O–H groups in total. The quantitative estimate of drug-likeness (QED) is 0.422. The number of fused-ring (bicyclic) bond motifs is 2. The molecule has 0 fully saturated rings. The number of anilines is 1. The molecular formula is C21H18FN7OS. The maximum Gasteiger partial charge on any atom is 0.200 e. The van der Waals surface area contributed by atoms with Crippen LogP contribution in [0.2, 0.25) is 0 Å². The van der Waals surface area contributed by atoms with Gasteiger partial charge in [0.15, 0.2) is 11.5 Å². The molecule has 0 amide bonds. The van der Waals surface area contributed by atoms with Crippen molar-refractivity contribution in [1.29, 1.82) is 0 Å². The van der Waals surface area contributed by atoms with Gasteiger partial charge in [0.2, 0.25) is 5.16 Å². The Balaban J connectivity index is 1.51. The molecule has 1 aromatic carbocycles. The van der Waals surface area contributed by atoms with Gasteiger partial charge in [-0.25, -0.2) is 4.39 Å². The van der Waals surface area contributed by atoms with Crippen molar-refractivity contribution in [3.05, 3.63) is 60.9 Å². The van der Waals surface area contributed by atoms with E-state index in [1.807, 2.05) is 43.7 Å². The Morgan fingerprint density at radius 2 is 2.00 bits per heavy atom. The SMILES string of the molecule is Cn1cc(-c2cc(F)c3nnc(Sc4ccc5ncc(NCCO)cc5c4)n3c2)cn1. The Hall–Kier alpha value is -3.50. The second-order valence-electron chi connectivity index (χ2n) is 6.99. The fourth-order valence-electron chi connectivity index (χ4n) is 3.31. The van der Waals surface area contributed by atoms with E-state index in [0.29, 0.717) is 17.3 Å². The van der Waals surface area contributed by atoms with E-state index in [-0.39, 0.29) is 12.3 Å². The average molecular weight is 435 g/mol. The lowest BCUT2D eigenvalue weighted by Crippen LogP contribution is -2.05. The molecule has 5 rings (SSSR count). The van der Waals surface area contributed by atoms with E-state index in [4.69, 9.17) is 5.11 Å². The van der Waals surface area contributed by atoms with Crippen molar-refractivity contribution in [3.63, 3.8) is 0 Å². The van der Waals surface area contributed by atoms with E-state index in [0.717, 1.165) is 27.0 Å². The summed E-state index contributed by atoms with van der Waals surface area (Å²) in [6.45, 7) is 0.504. The third-order valence-corrected chi connectivity index (χ3v) is 5.72. The lowest BCUT2D eigenvalue weighted by atomic mass is 10.1. The van der Waals surface area contributed by atoms with E-state index >= 15 is 0 Å². The van der Waals surface area contributed by atoms with Gasteiger partial charge in [0.05, 0.1) is 30.2 Å². The summed E-state index contributed by atoms with van der Waals surface area (Å²) >= 11 is 1.39. The van der Waals surface area contributed by atoms with Crippen LogP contribution in [0.15, 0.2) is 65.2 Å². The summed E-state index contributed by atoms with van der Waals surface area (Å²) in [5, 5.41) is 26.0. The zero-order valence-electron chi connectivity index (χ0n) is 16.5. The summed E-state index contributed by atoms with van der Waals surface area (Å²) in [6, 6.07) is 9.29. The molecule has 0 spiro atoms. The lowest BCUT2D eigenvalue weighted by Gasteiger charge is -2.07. The maximum absolute atomic E-state index is 14.7. The van der Waals surface area contributed by atoms with Crippen LogP contribution < -0.4 is 5.32 Å². The highest BCUT2D eigenvalue weighted by Crippen LogP contribution is 2.31. The number of rotatable bonds is 6. The van der Waals surface area contributed by atoms with Crippen molar-refractivity contribution >= 4 is 34.0 Å². The molecule has 0 bridgehead atoms. The lowest BCUT2D eigenvalue weighted by molar-refractivity contribution is 0.311. The normalized spacial score (nSPS) is 11.5. The number of hydrogen-bond acceptors (Lipinski definition) is 7. The summed E-state index contributed by atoms with van der Waals surface area (Å²) in [7, 11) is 1.82. The molecule has 0 atom stereocenters. The van der Waals surface area contributed by atoms with Crippen molar-refractivity contribution in [3.8, 4) is 11.1 Å². The molecule has 0 aliphatic carbocycles. The van der Waals surface area contributed by atoms with E-state index in [2.05, 4.69) is 25.6 Å². The zero-order chi connectivity index (χ0) is 21.4. The van der Waals surface area contributed by atoms with Gasteiger partial charge in [0.25, 0.3) is 0 Å². The minimum Gasteiger partial charge on any atom is -0.395 e. The van der Waals surface area contributed by atoms with E-state index in [1.54, 1.807) is 21.5 Å². The van der Waals surface area contributed by atoms with Crippen LogP contribution >= 0.6 is 11.8 Å². The number of nitrogens with one attached hydrogen (secondary N) is 1. The molecule has 4 heterocycles. The number of nitrogens with zero attached hydrogens (tertiary/aromatic N) is 6. The number of aromatic nitrogens is 6. The fourth-order valence-corrected chi connectivity index (χ4v) is 4.16. The number of hydrogen-bond donors (Lipinski definition) is 2. The van der Waals surface area contributed by atoms with Gasteiger partial charge in [-0.2, -0.15) is 5.10 Å². The van der Waals surface area contributed by atoms with Gasteiger partial charge in [-0.1, -0.05) is 0 Å². The van der Waals surface area contributed by atoms with Crippen molar-refractivity contribution in [2.75, 3.05) is 18.5 Å². The number of aliphatic hydroxyl groups is 1. The van der Waals surface area contributed by atoms with Gasteiger partial charge < -0.3 is 10.4 Å². The Morgan fingerprint density at radius 3 is 2.81 bits per heavy atom. The summed E-state index contributed by atoms with van der Waals surface area (Å²) in [4.78, 5) is 5.36. The molecular weight excluding hydrogens is 417 g/mol. The maximum atomic E-state index is 14.7. The Bertz CT molecular complexity index is 1400. The molecule has 0 aliphatic heterocycles. The largest absolute Gasteiger partial charge is 0.395 e. The molecule has 156 valence electrons. The van der Waals surface area contributed by atoms with Gasteiger partial charge in [0.1, 0.15) is 0 Å². The molecule has 10 heteroatoms. The first kappa shape index (κ1) is 19.5. The Morgan fingerprint density at radius 1 is 1.10 bits per heavy atom. The predicted molar refractivity (Wildman–Crippen MR) is 117 cm³/mol. The first-order chi connectivity index (χ1) is 15.1. The van der Waals surface area contributed by atoms with Gasteiger partial charge >= 0.3 is 0 Å². The van der Waals surface area contributed by atoms with Crippen LogP contribution in [0, 0.1) is 5.82 Å². The minimum atomic E-state index is -0.442. The van der Waals surface area contributed by atoms with Crippen molar-refractivity contribution in [2.45, 2.75) is 10.1 Å². The van der Waals surface area contributed by atoms with Gasteiger partial charge in [-0.3, -0.25) is 14.1 Å². The number of halogens is 1. The summed E-state index contributed by atoms with van der Waals surface area (Å²) in [5.74, 6) is -0.442. The van der Waals surface area contributed by atoms with Crippen molar-refractivity contribution in [1.82, 2.24) is 29.4 Å². The second kappa shape index (κ2) is 7.97.